The van der Waals surface area contributed by atoms with Gasteiger partial charge in [0.05, 0.1) is 13.7 Å². The number of hydrogen-bond acceptors (Lipinski definition) is 3. The minimum atomic E-state index is 0. The third-order valence-corrected chi connectivity index (χ3v) is 4.67. The number of nitrogens with one attached hydrogen (secondary N) is 2. The van der Waals surface area contributed by atoms with Crippen molar-refractivity contribution in [3.8, 4) is 5.75 Å². The molecule has 0 fully saturated rings. The number of aliphatic imine (C=N–C) groups is 1. The number of halogens is 1. The topological polar surface area (TPSA) is 63.5 Å². The first-order valence-electron chi connectivity index (χ1n) is 9.89. The van der Waals surface area contributed by atoms with Gasteiger partial charge in [0.2, 0.25) is 0 Å². The van der Waals surface area contributed by atoms with Crippen molar-refractivity contribution in [3.05, 3.63) is 83.4 Å². The fourth-order valence-corrected chi connectivity index (χ4v) is 3.13. The summed E-state index contributed by atoms with van der Waals surface area (Å²) in [6.45, 7) is 6.96. The number of rotatable bonds is 8. The van der Waals surface area contributed by atoms with Crippen LogP contribution in [0.2, 0.25) is 0 Å². The van der Waals surface area contributed by atoms with Crippen LogP contribution < -0.4 is 15.4 Å². The smallest absolute Gasteiger partial charge is 0.191 e. The van der Waals surface area contributed by atoms with Crippen LogP contribution in [0.3, 0.4) is 0 Å². The van der Waals surface area contributed by atoms with Crippen molar-refractivity contribution in [2.45, 2.75) is 33.5 Å². The highest BCUT2D eigenvalue weighted by Crippen LogP contribution is 2.16. The molecule has 0 aliphatic rings. The summed E-state index contributed by atoms with van der Waals surface area (Å²) in [7, 11) is 1.69. The molecule has 0 aliphatic carbocycles. The van der Waals surface area contributed by atoms with Crippen LogP contribution in [-0.4, -0.2) is 29.2 Å². The molecule has 3 rings (SSSR count). The Balaban J connectivity index is 0.00000320. The number of imidazole rings is 1. The quantitative estimate of drug-likeness (QED) is 0.267. The highest BCUT2D eigenvalue weighted by atomic mass is 127. The summed E-state index contributed by atoms with van der Waals surface area (Å²) in [5, 5.41) is 6.69. The second kappa shape index (κ2) is 12.2. The summed E-state index contributed by atoms with van der Waals surface area (Å²) in [5.41, 5.74) is 3.51. The number of benzene rings is 2. The summed E-state index contributed by atoms with van der Waals surface area (Å²) in [4.78, 5) is 9.03. The highest BCUT2D eigenvalue weighted by Gasteiger charge is 2.04. The Morgan fingerprint density at radius 3 is 2.63 bits per heavy atom. The van der Waals surface area contributed by atoms with Crippen molar-refractivity contribution < 1.29 is 4.74 Å². The molecule has 6 nitrogen and oxygen atoms in total. The summed E-state index contributed by atoms with van der Waals surface area (Å²) >= 11 is 0. The van der Waals surface area contributed by atoms with Gasteiger partial charge in [0.1, 0.15) is 11.6 Å². The molecule has 0 radical (unpaired) electrons. The monoisotopic (exact) mass is 519 g/mol. The fraction of sp³-hybridized carbons (Fsp3) is 0.304. The van der Waals surface area contributed by atoms with E-state index in [2.05, 4.69) is 57.4 Å². The van der Waals surface area contributed by atoms with Crippen LogP contribution in [-0.2, 0) is 19.6 Å². The summed E-state index contributed by atoms with van der Waals surface area (Å²) in [6, 6.07) is 16.5. The van der Waals surface area contributed by atoms with Crippen molar-refractivity contribution in [1.82, 2.24) is 20.2 Å². The van der Waals surface area contributed by atoms with E-state index in [0.717, 1.165) is 36.2 Å². The van der Waals surface area contributed by atoms with Gasteiger partial charge in [-0.1, -0.05) is 42.5 Å². The number of methoxy groups -OCH3 is 1. The molecule has 2 N–H and O–H groups in total. The minimum Gasteiger partial charge on any atom is -0.496 e. The lowest BCUT2D eigenvalue weighted by atomic mass is 10.1. The molecule has 7 heteroatoms. The molecule has 1 heterocycles. The standard InChI is InChI=1S/C23H29N5O.HI/c1-4-24-23(27-16-21-10-5-6-11-22(21)29-3)26-15-19-8-7-9-20(14-19)17-28-13-12-25-18(28)2;/h5-14H,4,15-17H2,1-3H3,(H2,24,26,27);1H. The Labute approximate surface area is 195 Å². The zero-order valence-electron chi connectivity index (χ0n) is 17.8. The van der Waals surface area contributed by atoms with E-state index < -0.39 is 0 Å². The molecular weight excluding hydrogens is 489 g/mol. The normalized spacial score (nSPS) is 11.0. The van der Waals surface area contributed by atoms with E-state index in [-0.39, 0.29) is 24.0 Å². The first-order chi connectivity index (χ1) is 14.2. The van der Waals surface area contributed by atoms with Gasteiger partial charge in [-0.15, -0.1) is 24.0 Å². The Hall–Kier alpha value is -2.55. The molecule has 2 aromatic carbocycles. The van der Waals surface area contributed by atoms with Crippen LogP contribution in [0.5, 0.6) is 5.75 Å². The van der Waals surface area contributed by atoms with Crippen LogP contribution in [0.1, 0.15) is 29.4 Å². The zero-order chi connectivity index (χ0) is 20.5. The van der Waals surface area contributed by atoms with Crippen molar-refractivity contribution in [2.75, 3.05) is 13.7 Å². The van der Waals surface area contributed by atoms with Gasteiger partial charge in [-0.25, -0.2) is 9.98 Å². The van der Waals surface area contributed by atoms with E-state index in [1.54, 1.807) is 7.11 Å². The molecule has 1 aromatic heterocycles. The van der Waals surface area contributed by atoms with E-state index in [1.165, 1.54) is 11.1 Å². The molecule has 0 saturated heterocycles. The van der Waals surface area contributed by atoms with E-state index >= 15 is 0 Å². The average Bonchev–Trinajstić information content (AvgIpc) is 3.15. The number of aromatic nitrogens is 2. The third-order valence-electron chi connectivity index (χ3n) is 4.67. The molecule has 0 saturated carbocycles. The molecule has 0 atom stereocenters. The SMILES string of the molecule is CCNC(=NCc1cccc(Cn2ccnc2C)c1)NCc1ccccc1OC.I. The summed E-state index contributed by atoms with van der Waals surface area (Å²) in [5.74, 6) is 2.68. The molecule has 0 unspecified atom stereocenters. The highest BCUT2D eigenvalue weighted by molar-refractivity contribution is 14.0. The zero-order valence-corrected chi connectivity index (χ0v) is 20.1. The third kappa shape index (κ3) is 6.76. The minimum absolute atomic E-state index is 0. The van der Waals surface area contributed by atoms with Gasteiger partial charge in [0.25, 0.3) is 0 Å². The Kier molecular flexibility index (Phi) is 9.66. The van der Waals surface area contributed by atoms with E-state index in [4.69, 9.17) is 9.73 Å². The first-order valence-corrected chi connectivity index (χ1v) is 9.89. The van der Waals surface area contributed by atoms with Crippen molar-refractivity contribution >= 4 is 29.9 Å². The number of para-hydroxylation sites is 1. The maximum absolute atomic E-state index is 5.42. The van der Waals surface area contributed by atoms with Crippen LogP contribution in [0.4, 0.5) is 0 Å². The first kappa shape index (κ1) is 23.7. The molecule has 0 bridgehead atoms. The number of hydrogen-bond donors (Lipinski definition) is 2. The lowest BCUT2D eigenvalue weighted by molar-refractivity contribution is 0.409. The lowest BCUT2D eigenvalue weighted by Gasteiger charge is -2.13. The number of guanidine groups is 1. The van der Waals surface area contributed by atoms with Crippen LogP contribution in [0.15, 0.2) is 65.9 Å². The predicted molar refractivity (Wildman–Crippen MR) is 133 cm³/mol. The average molecular weight is 519 g/mol. The maximum Gasteiger partial charge on any atom is 0.191 e. The summed E-state index contributed by atoms with van der Waals surface area (Å²) in [6.07, 6.45) is 3.84. The largest absolute Gasteiger partial charge is 0.496 e. The van der Waals surface area contributed by atoms with Gasteiger partial charge >= 0.3 is 0 Å². The fourth-order valence-electron chi connectivity index (χ4n) is 3.13. The molecule has 0 spiro atoms. The van der Waals surface area contributed by atoms with Gasteiger partial charge in [-0.2, -0.15) is 0 Å². The Morgan fingerprint density at radius 2 is 1.90 bits per heavy atom. The lowest BCUT2D eigenvalue weighted by Crippen LogP contribution is -2.36. The van der Waals surface area contributed by atoms with Gasteiger partial charge in [-0.05, 0) is 31.0 Å². The summed E-state index contributed by atoms with van der Waals surface area (Å²) < 4.78 is 7.56. The molecule has 30 heavy (non-hydrogen) atoms. The van der Waals surface area contributed by atoms with Gasteiger partial charge in [-0.3, -0.25) is 0 Å². The molecule has 3 aromatic rings. The van der Waals surface area contributed by atoms with Crippen LogP contribution >= 0.6 is 24.0 Å². The van der Waals surface area contributed by atoms with Crippen molar-refractivity contribution in [2.24, 2.45) is 4.99 Å². The second-order valence-corrected chi connectivity index (χ2v) is 6.78. The van der Waals surface area contributed by atoms with E-state index in [0.29, 0.717) is 13.1 Å². The van der Waals surface area contributed by atoms with Crippen molar-refractivity contribution in [1.29, 1.82) is 0 Å². The van der Waals surface area contributed by atoms with Crippen molar-refractivity contribution in [3.63, 3.8) is 0 Å². The van der Waals surface area contributed by atoms with E-state index in [1.807, 2.05) is 37.5 Å². The van der Waals surface area contributed by atoms with Gasteiger partial charge in [0, 0.05) is 37.6 Å². The Morgan fingerprint density at radius 1 is 1.10 bits per heavy atom. The number of aryl methyl sites for hydroxylation is 1. The van der Waals surface area contributed by atoms with Crippen LogP contribution in [0.25, 0.3) is 0 Å². The number of ether oxygens (including phenoxy) is 1. The maximum atomic E-state index is 5.42. The second-order valence-electron chi connectivity index (χ2n) is 6.78. The van der Waals surface area contributed by atoms with Gasteiger partial charge < -0.3 is 19.9 Å². The molecule has 0 aliphatic heterocycles. The predicted octanol–water partition coefficient (Wildman–Crippen LogP) is 4.12. The Bertz CT molecular complexity index is 954. The molecule has 160 valence electrons. The molecular formula is C23H30IN5O. The van der Waals surface area contributed by atoms with E-state index in [9.17, 15) is 0 Å². The van der Waals surface area contributed by atoms with Gasteiger partial charge in [0.15, 0.2) is 5.96 Å². The van der Waals surface area contributed by atoms with Crippen LogP contribution in [0, 0.1) is 6.92 Å². The number of nitrogens with zero attached hydrogens (tertiary/aromatic N) is 3. The molecule has 0 amide bonds.